The molecule has 2 heterocycles. The Morgan fingerprint density at radius 1 is 1.27 bits per heavy atom. The van der Waals surface area contributed by atoms with Gasteiger partial charge < -0.3 is 9.80 Å². The second-order valence-corrected chi connectivity index (χ2v) is 9.48. The SMILES string of the molecule is CCCN(C(=O)[C@@H]1CC(=O)N(Cc2ccccc2)C1)[C@H]1CCS(=O)(=O)C1. The van der Waals surface area contributed by atoms with Crippen molar-refractivity contribution in [1.82, 2.24) is 9.80 Å². The highest BCUT2D eigenvalue weighted by Crippen LogP contribution is 2.26. The van der Waals surface area contributed by atoms with Crippen molar-refractivity contribution in [1.29, 1.82) is 0 Å². The molecule has 0 radical (unpaired) electrons. The fraction of sp³-hybridized carbons (Fsp3) is 0.579. The lowest BCUT2D eigenvalue weighted by atomic mass is 10.0. The number of benzene rings is 1. The van der Waals surface area contributed by atoms with Crippen molar-refractivity contribution >= 4 is 21.7 Å². The first-order chi connectivity index (χ1) is 12.4. The van der Waals surface area contributed by atoms with Crippen LogP contribution in [0.3, 0.4) is 0 Å². The average Bonchev–Trinajstić information content (AvgIpc) is 3.15. The van der Waals surface area contributed by atoms with Crippen LogP contribution in [0.4, 0.5) is 0 Å². The van der Waals surface area contributed by atoms with Crippen molar-refractivity contribution in [2.24, 2.45) is 5.92 Å². The second-order valence-electron chi connectivity index (χ2n) is 7.25. The summed E-state index contributed by atoms with van der Waals surface area (Å²) in [7, 11) is -3.05. The number of hydrogen-bond acceptors (Lipinski definition) is 4. The number of nitrogens with zero attached hydrogens (tertiary/aromatic N) is 2. The van der Waals surface area contributed by atoms with Crippen LogP contribution in [0, 0.1) is 5.92 Å². The molecule has 0 spiro atoms. The predicted octanol–water partition coefficient (Wildman–Crippen LogP) is 1.46. The van der Waals surface area contributed by atoms with Crippen molar-refractivity contribution in [3.05, 3.63) is 35.9 Å². The molecule has 2 atom stereocenters. The summed E-state index contributed by atoms with van der Waals surface area (Å²) in [5.74, 6) is -0.260. The van der Waals surface area contributed by atoms with E-state index >= 15 is 0 Å². The van der Waals surface area contributed by atoms with Gasteiger partial charge in [-0.25, -0.2) is 8.42 Å². The number of carbonyl (C=O) groups excluding carboxylic acids is 2. The van der Waals surface area contributed by atoms with Crippen molar-refractivity contribution in [3.8, 4) is 0 Å². The number of amides is 2. The topological polar surface area (TPSA) is 74.8 Å². The standard InChI is InChI=1S/C19H26N2O4S/c1-2-9-21(17-8-10-26(24,25)14-17)19(23)16-11-18(22)20(13-16)12-15-6-4-3-5-7-15/h3-7,16-17H,2,8-14H2,1H3/t16-,17+/m1/s1. The van der Waals surface area contributed by atoms with E-state index in [0.29, 0.717) is 26.1 Å². The molecule has 142 valence electrons. The summed E-state index contributed by atoms with van der Waals surface area (Å²) in [5, 5.41) is 0. The highest BCUT2D eigenvalue weighted by Gasteiger charge is 2.40. The molecule has 0 unspecified atom stereocenters. The lowest BCUT2D eigenvalue weighted by Crippen LogP contribution is -2.45. The number of rotatable bonds is 6. The van der Waals surface area contributed by atoms with E-state index < -0.39 is 9.84 Å². The molecule has 2 aliphatic rings. The second kappa shape index (κ2) is 7.78. The largest absolute Gasteiger partial charge is 0.338 e. The number of sulfone groups is 1. The van der Waals surface area contributed by atoms with Gasteiger partial charge in [0.15, 0.2) is 9.84 Å². The van der Waals surface area contributed by atoms with Gasteiger partial charge in [-0.15, -0.1) is 0 Å². The summed E-state index contributed by atoms with van der Waals surface area (Å²) in [6, 6.07) is 9.49. The van der Waals surface area contributed by atoms with Crippen LogP contribution >= 0.6 is 0 Å². The van der Waals surface area contributed by atoms with Crippen LogP contribution in [0.2, 0.25) is 0 Å². The van der Waals surface area contributed by atoms with Gasteiger partial charge in [0, 0.05) is 32.1 Å². The van der Waals surface area contributed by atoms with Crippen molar-refractivity contribution in [3.63, 3.8) is 0 Å². The summed E-state index contributed by atoms with van der Waals surface area (Å²) in [5.41, 5.74) is 1.04. The summed E-state index contributed by atoms with van der Waals surface area (Å²) in [6.45, 7) is 3.44. The maximum Gasteiger partial charge on any atom is 0.228 e. The fourth-order valence-electron chi connectivity index (χ4n) is 3.86. The fourth-order valence-corrected chi connectivity index (χ4v) is 5.59. The maximum absolute atomic E-state index is 13.0. The molecule has 1 aromatic rings. The van der Waals surface area contributed by atoms with Gasteiger partial charge in [-0.3, -0.25) is 9.59 Å². The Labute approximate surface area is 155 Å². The predicted molar refractivity (Wildman–Crippen MR) is 99.0 cm³/mol. The first kappa shape index (κ1) is 18.9. The minimum Gasteiger partial charge on any atom is -0.338 e. The van der Waals surface area contributed by atoms with E-state index in [1.165, 1.54) is 0 Å². The minimum absolute atomic E-state index is 0.0114. The van der Waals surface area contributed by atoms with Gasteiger partial charge in [0.2, 0.25) is 11.8 Å². The molecule has 2 amide bonds. The Kier molecular flexibility index (Phi) is 5.65. The monoisotopic (exact) mass is 378 g/mol. The van der Waals surface area contributed by atoms with Crippen molar-refractivity contribution in [2.45, 2.75) is 38.8 Å². The molecule has 0 bridgehead atoms. The first-order valence-electron chi connectivity index (χ1n) is 9.22. The molecule has 0 saturated carbocycles. The summed E-state index contributed by atoms with van der Waals surface area (Å²) in [6.07, 6.45) is 1.49. The molecule has 2 fully saturated rings. The Balaban J connectivity index is 1.67. The van der Waals surface area contributed by atoms with Gasteiger partial charge in [-0.05, 0) is 18.4 Å². The van der Waals surface area contributed by atoms with Gasteiger partial charge >= 0.3 is 0 Å². The first-order valence-corrected chi connectivity index (χ1v) is 11.0. The molecule has 2 saturated heterocycles. The Morgan fingerprint density at radius 2 is 2.00 bits per heavy atom. The van der Waals surface area contributed by atoms with Crippen molar-refractivity contribution in [2.75, 3.05) is 24.6 Å². The van der Waals surface area contributed by atoms with Gasteiger partial charge in [0.1, 0.15) is 0 Å². The zero-order valence-electron chi connectivity index (χ0n) is 15.1. The number of likely N-dealkylation sites (tertiary alicyclic amines) is 1. The third kappa shape index (κ3) is 4.26. The van der Waals surface area contributed by atoms with Gasteiger partial charge in [-0.2, -0.15) is 0 Å². The van der Waals surface area contributed by atoms with E-state index in [1.807, 2.05) is 37.3 Å². The maximum atomic E-state index is 13.0. The van der Waals surface area contributed by atoms with E-state index in [1.54, 1.807) is 9.80 Å². The molecule has 7 heteroatoms. The average molecular weight is 378 g/mol. The summed E-state index contributed by atoms with van der Waals surface area (Å²) >= 11 is 0. The van der Waals surface area contributed by atoms with Crippen LogP contribution in [0.1, 0.15) is 31.7 Å². The number of hydrogen-bond donors (Lipinski definition) is 0. The molecule has 2 aliphatic heterocycles. The normalized spacial score (nSPS) is 24.8. The Morgan fingerprint density at radius 3 is 2.62 bits per heavy atom. The molecular weight excluding hydrogens is 352 g/mol. The minimum atomic E-state index is -3.05. The molecule has 1 aromatic carbocycles. The molecule has 6 nitrogen and oxygen atoms in total. The molecule has 3 rings (SSSR count). The van der Waals surface area contributed by atoms with E-state index in [9.17, 15) is 18.0 Å². The smallest absolute Gasteiger partial charge is 0.228 e. The molecule has 26 heavy (non-hydrogen) atoms. The van der Waals surface area contributed by atoms with Crippen LogP contribution in [-0.2, 0) is 26.0 Å². The van der Waals surface area contributed by atoms with E-state index in [4.69, 9.17) is 0 Å². The zero-order valence-corrected chi connectivity index (χ0v) is 16.0. The lowest BCUT2D eigenvalue weighted by Gasteiger charge is -2.30. The number of carbonyl (C=O) groups is 2. The lowest BCUT2D eigenvalue weighted by molar-refractivity contribution is -0.137. The van der Waals surface area contributed by atoms with Crippen LogP contribution in [-0.4, -0.2) is 60.7 Å². The third-order valence-electron chi connectivity index (χ3n) is 5.18. The summed E-state index contributed by atoms with van der Waals surface area (Å²) in [4.78, 5) is 28.8. The third-order valence-corrected chi connectivity index (χ3v) is 6.93. The molecule has 0 aliphatic carbocycles. The Hall–Kier alpha value is -1.89. The molecule has 0 aromatic heterocycles. The van der Waals surface area contributed by atoms with Crippen LogP contribution in [0.25, 0.3) is 0 Å². The van der Waals surface area contributed by atoms with E-state index in [2.05, 4.69) is 0 Å². The zero-order chi connectivity index (χ0) is 18.7. The highest BCUT2D eigenvalue weighted by molar-refractivity contribution is 7.91. The van der Waals surface area contributed by atoms with Crippen LogP contribution in [0.15, 0.2) is 30.3 Å². The van der Waals surface area contributed by atoms with Gasteiger partial charge in [0.05, 0.1) is 17.4 Å². The van der Waals surface area contributed by atoms with E-state index in [-0.39, 0.29) is 41.7 Å². The molecule has 0 N–H and O–H groups in total. The van der Waals surface area contributed by atoms with Crippen LogP contribution < -0.4 is 0 Å². The van der Waals surface area contributed by atoms with Gasteiger partial charge in [-0.1, -0.05) is 37.3 Å². The highest BCUT2D eigenvalue weighted by atomic mass is 32.2. The van der Waals surface area contributed by atoms with Crippen LogP contribution in [0.5, 0.6) is 0 Å². The summed E-state index contributed by atoms with van der Waals surface area (Å²) < 4.78 is 23.6. The van der Waals surface area contributed by atoms with Gasteiger partial charge in [0.25, 0.3) is 0 Å². The van der Waals surface area contributed by atoms with E-state index in [0.717, 1.165) is 12.0 Å². The quantitative estimate of drug-likeness (QED) is 0.751. The Bertz CT molecular complexity index is 763. The van der Waals surface area contributed by atoms with Crippen molar-refractivity contribution < 1.29 is 18.0 Å². The molecular formula is C19H26N2O4S.